The van der Waals surface area contributed by atoms with Crippen LogP contribution in [0.2, 0.25) is 0 Å². The lowest BCUT2D eigenvalue weighted by molar-refractivity contribution is -0.274. The molecule has 0 saturated carbocycles. The number of carbonyl (C=O) groups is 1. The number of ether oxygens (including phenoxy) is 1. The molecule has 2 aromatic carbocycles. The van der Waals surface area contributed by atoms with Gasteiger partial charge in [0.1, 0.15) is 17.2 Å². The van der Waals surface area contributed by atoms with Crippen molar-refractivity contribution in [2.75, 3.05) is 5.32 Å². The van der Waals surface area contributed by atoms with Crippen LogP contribution in [0.4, 0.5) is 23.4 Å². The van der Waals surface area contributed by atoms with Gasteiger partial charge in [-0.15, -0.1) is 13.2 Å². The molecule has 9 heteroatoms. The van der Waals surface area contributed by atoms with Gasteiger partial charge in [-0.05, 0) is 42.0 Å². The van der Waals surface area contributed by atoms with Gasteiger partial charge in [0.05, 0.1) is 12.1 Å². The summed E-state index contributed by atoms with van der Waals surface area (Å²) in [6, 6.07) is 16.8. The van der Waals surface area contributed by atoms with Gasteiger partial charge >= 0.3 is 6.36 Å². The molecule has 2 heterocycles. The lowest BCUT2D eigenvalue weighted by Crippen LogP contribution is -2.17. The summed E-state index contributed by atoms with van der Waals surface area (Å²) in [4.78, 5) is 16.9. The van der Waals surface area contributed by atoms with Crippen LogP contribution in [0.15, 0.2) is 72.9 Å². The van der Waals surface area contributed by atoms with Gasteiger partial charge in [0.15, 0.2) is 5.82 Å². The second-order valence-electron chi connectivity index (χ2n) is 6.67. The number of rotatable bonds is 5. The molecule has 0 aliphatic carbocycles. The molecule has 1 N–H and O–H groups in total. The number of anilines is 1. The minimum absolute atomic E-state index is 0.0981. The topological polar surface area (TPSA) is 55.6 Å². The number of imidazole rings is 1. The summed E-state index contributed by atoms with van der Waals surface area (Å²) >= 11 is 0. The summed E-state index contributed by atoms with van der Waals surface area (Å²) < 4.78 is 56.5. The van der Waals surface area contributed by atoms with E-state index in [1.807, 2.05) is 18.2 Å². The molecule has 158 valence electrons. The van der Waals surface area contributed by atoms with Gasteiger partial charge in [0, 0.05) is 11.8 Å². The smallest absolute Gasteiger partial charge is 0.406 e. The molecule has 0 saturated heterocycles. The van der Waals surface area contributed by atoms with E-state index in [4.69, 9.17) is 0 Å². The highest BCUT2D eigenvalue weighted by atomic mass is 19.4. The Hall–Kier alpha value is -3.88. The SMILES string of the molecule is O=C(Cc1ccccc1)Nc1nc2ccc(F)cn2c1-c1ccc(OC(F)(F)F)cc1. The molecule has 0 radical (unpaired) electrons. The van der Waals surface area contributed by atoms with Crippen LogP contribution in [0.25, 0.3) is 16.9 Å². The van der Waals surface area contributed by atoms with E-state index in [1.54, 1.807) is 12.1 Å². The Labute approximate surface area is 173 Å². The van der Waals surface area contributed by atoms with Crippen molar-refractivity contribution >= 4 is 17.4 Å². The summed E-state index contributed by atoms with van der Waals surface area (Å²) in [5, 5.41) is 2.71. The number of pyridine rings is 1. The fraction of sp³-hybridized carbons (Fsp3) is 0.0909. The highest BCUT2D eigenvalue weighted by Gasteiger charge is 2.31. The Kier molecular flexibility index (Phi) is 5.33. The average molecular weight is 429 g/mol. The quantitative estimate of drug-likeness (QED) is 0.443. The van der Waals surface area contributed by atoms with E-state index in [0.29, 0.717) is 16.9 Å². The second kappa shape index (κ2) is 8.10. The summed E-state index contributed by atoms with van der Waals surface area (Å²) in [5.41, 5.74) is 1.91. The molecule has 0 atom stereocenters. The summed E-state index contributed by atoms with van der Waals surface area (Å²) in [7, 11) is 0. The van der Waals surface area contributed by atoms with Crippen molar-refractivity contribution in [3.05, 3.63) is 84.3 Å². The fourth-order valence-corrected chi connectivity index (χ4v) is 3.15. The molecule has 2 aromatic heterocycles. The number of fused-ring (bicyclic) bond motifs is 1. The molecular weight excluding hydrogens is 414 g/mol. The monoisotopic (exact) mass is 429 g/mol. The number of nitrogens with zero attached hydrogens (tertiary/aromatic N) is 2. The standard InChI is InChI=1S/C22H15F4N3O2/c23-16-8-11-18-27-21(28-19(30)12-14-4-2-1-3-5-14)20(29(18)13-16)15-6-9-17(10-7-15)31-22(24,25)26/h1-11,13H,12H2,(H,28,30). The van der Waals surface area contributed by atoms with Gasteiger partial charge < -0.3 is 10.1 Å². The van der Waals surface area contributed by atoms with Gasteiger partial charge in [-0.2, -0.15) is 0 Å². The van der Waals surface area contributed by atoms with Crippen LogP contribution in [0.5, 0.6) is 5.75 Å². The Morgan fingerprint density at radius 2 is 1.71 bits per heavy atom. The van der Waals surface area contributed by atoms with E-state index in [1.165, 1.54) is 34.9 Å². The van der Waals surface area contributed by atoms with Crippen LogP contribution >= 0.6 is 0 Å². The van der Waals surface area contributed by atoms with Crippen LogP contribution < -0.4 is 10.1 Å². The molecule has 5 nitrogen and oxygen atoms in total. The third-order valence-electron chi connectivity index (χ3n) is 4.41. The minimum atomic E-state index is -4.81. The fourth-order valence-electron chi connectivity index (χ4n) is 3.15. The van der Waals surface area contributed by atoms with Crippen LogP contribution in [0.3, 0.4) is 0 Å². The summed E-state index contributed by atoms with van der Waals surface area (Å²) in [6.07, 6.45) is -3.53. The largest absolute Gasteiger partial charge is 0.573 e. The second-order valence-corrected chi connectivity index (χ2v) is 6.67. The lowest BCUT2D eigenvalue weighted by Gasteiger charge is -2.10. The first-order valence-corrected chi connectivity index (χ1v) is 9.16. The van der Waals surface area contributed by atoms with Gasteiger partial charge in [-0.3, -0.25) is 9.20 Å². The molecule has 4 aromatic rings. The zero-order chi connectivity index (χ0) is 22.0. The maximum atomic E-state index is 13.9. The number of benzene rings is 2. The highest BCUT2D eigenvalue weighted by molar-refractivity contribution is 5.95. The van der Waals surface area contributed by atoms with Crippen molar-refractivity contribution in [2.45, 2.75) is 12.8 Å². The van der Waals surface area contributed by atoms with Crippen LogP contribution in [-0.4, -0.2) is 21.7 Å². The Morgan fingerprint density at radius 3 is 2.39 bits per heavy atom. The molecule has 4 rings (SSSR count). The van der Waals surface area contributed by atoms with E-state index in [2.05, 4.69) is 15.0 Å². The number of nitrogens with one attached hydrogen (secondary N) is 1. The maximum absolute atomic E-state index is 13.9. The molecule has 0 fully saturated rings. The number of hydrogen-bond acceptors (Lipinski definition) is 3. The van der Waals surface area contributed by atoms with E-state index in [0.717, 1.165) is 17.7 Å². The summed E-state index contributed by atoms with van der Waals surface area (Å²) in [5.74, 6) is -1.11. The zero-order valence-electron chi connectivity index (χ0n) is 15.9. The van der Waals surface area contributed by atoms with E-state index >= 15 is 0 Å². The molecule has 31 heavy (non-hydrogen) atoms. The molecule has 0 unspecified atom stereocenters. The average Bonchev–Trinajstić information content (AvgIpc) is 3.05. The highest BCUT2D eigenvalue weighted by Crippen LogP contribution is 2.32. The number of hydrogen-bond donors (Lipinski definition) is 1. The van der Waals surface area contributed by atoms with Gasteiger partial charge in [0.25, 0.3) is 0 Å². The van der Waals surface area contributed by atoms with Crippen molar-refractivity contribution in [2.24, 2.45) is 0 Å². The number of halogens is 4. The molecule has 1 amide bonds. The number of alkyl halides is 3. The van der Waals surface area contributed by atoms with Gasteiger partial charge in [0.2, 0.25) is 5.91 Å². The van der Waals surface area contributed by atoms with Crippen molar-refractivity contribution in [1.29, 1.82) is 0 Å². The van der Waals surface area contributed by atoms with Gasteiger partial charge in [-0.1, -0.05) is 30.3 Å². The third kappa shape index (κ3) is 4.82. The minimum Gasteiger partial charge on any atom is -0.406 e. The van der Waals surface area contributed by atoms with Crippen molar-refractivity contribution in [3.8, 4) is 17.0 Å². The molecule has 0 aliphatic heterocycles. The Morgan fingerprint density at radius 1 is 1.00 bits per heavy atom. The molecule has 0 spiro atoms. The summed E-state index contributed by atoms with van der Waals surface area (Å²) in [6.45, 7) is 0. The van der Waals surface area contributed by atoms with Gasteiger partial charge in [-0.25, -0.2) is 9.37 Å². The molecule has 0 bridgehead atoms. The van der Waals surface area contributed by atoms with Crippen molar-refractivity contribution in [1.82, 2.24) is 9.38 Å². The third-order valence-corrected chi connectivity index (χ3v) is 4.41. The van der Waals surface area contributed by atoms with Crippen LogP contribution in [-0.2, 0) is 11.2 Å². The Bertz CT molecular complexity index is 1220. The Balaban J connectivity index is 1.69. The molecule has 0 aliphatic rings. The van der Waals surface area contributed by atoms with Crippen molar-refractivity contribution < 1.29 is 27.1 Å². The predicted octanol–water partition coefficient (Wildman–Crippen LogP) is 5.22. The molecular formula is C22H15F4N3O2. The first-order valence-electron chi connectivity index (χ1n) is 9.16. The number of amides is 1. The van der Waals surface area contributed by atoms with E-state index < -0.39 is 17.9 Å². The van der Waals surface area contributed by atoms with Crippen LogP contribution in [0, 0.1) is 5.82 Å². The first-order chi connectivity index (χ1) is 14.8. The van der Waals surface area contributed by atoms with E-state index in [-0.39, 0.29) is 18.1 Å². The first kappa shape index (κ1) is 20.4. The number of carbonyl (C=O) groups excluding carboxylic acids is 1. The lowest BCUT2D eigenvalue weighted by atomic mass is 10.1. The zero-order valence-corrected chi connectivity index (χ0v) is 15.9. The van der Waals surface area contributed by atoms with E-state index in [9.17, 15) is 22.4 Å². The predicted molar refractivity (Wildman–Crippen MR) is 106 cm³/mol. The van der Waals surface area contributed by atoms with Crippen LogP contribution in [0.1, 0.15) is 5.56 Å². The normalized spacial score (nSPS) is 11.5. The number of aromatic nitrogens is 2. The van der Waals surface area contributed by atoms with Crippen molar-refractivity contribution in [3.63, 3.8) is 0 Å². The maximum Gasteiger partial charge on any atom is 0.573 e.